The van der Waals surface area contributed by atoms with Crippen LogP contribution in [0.2, 0.25) is 0 Å². The van der Waals surface area contributed by atoms with Gasteiger partial charge in [-0.15, -0.1) is 5.10 Å². The normalized spacial score (nSPS) is 17.9. The summed E-state index contributed by atoms with van der Waals surface area (Å²) in [5.41, 5.74) is 7.21. The molecule has 1 atom stereocenters. The number of halogens is 1. The Kier molecular flexibility index (Phi) is 7.06. The molecule has 40 heavy (non-hydrogen) atoms. The third-order valence-electron chi connectivity index (χ3n) is 8.13. The van der Waals surface area contributed by atoms with Crippen LogP contribution in [-0.4, -0.2) is 56.6 Å². The van der Waals surface area contributed by atoms with E-state index in [1.807, 2.05) is 41.9 Å². The predicted octanol–water partition coefficient (Wildman–Crippen LogP) is 4.65. The number of aliphatic carboxylic acids is 1. The smallest absolute Gasteiger partial charge is 0.304 e. The quantitative estimate of drug-likeness (QED) is 0.396. The third kappa shape index (κ3) is 4.97. The number of hydrogen-bond donors (Lipinski definition) is 1. The van der Waals surface area contributed by atoms with E-state index in [4.69, 9.17) is 4.74 Å². The molecule has 0 unspecified atom stereocenters. The molecule has 3 aromatic carbocycles. The Hall–Kier alpha value is -4.11. The van der Waals surface area contributed by atoms with Crippen LogP contribution in [-0.2, 0) is 35.5 Å². The van der Waals surface area contributed by atoms with Crippen molar-refractivity contribution in [1.29, 1.82) is 0 Å². The lowest BCUT2D eigenvalue weighted by molar-refractivity contribution is -0.137. The molecule has 6 heterocycles. The van der Waals surface area contributed by atoms with Gasteiger partial charge in [0.1, 0.15) is 11.3 Å². The highest BCUT2D eigenvalue weighted by atomic mass is 19.1. The Morgan fingerprint density at radius 1 is 1.07 bits per heavy atom. The number of aryl methyl sites for hydroxylation is 2. The molecular weight excluding hydrogens is 511 g/mol. The van der Waals surface area contributed by atoms with E-state index in [9.17, 15) is 14.7 Å². The number of benzene rings is 3. The first-order chi connectivity index (χ1) is 19.4. The van der Waals surface area contributed by atoms with Crippen LogP contribution < -0.4 is 0 Å². The number of rotatable bonds is 2. The summed E-state index contributed by atoms with van der Waals surface area (Å²) in [5, 5.41) is 18.6. The minimum atomic E-state index is -0.900. The molecule has 4 aromatic rings. The van der Waals surface area contributed by atoms with Crippen molar-refractivity contribution in [1.82, 2.24) is 19.9 Å². The largest absolute Gasteiger partial charge is 0.481 e. The fourth-order valence-corrected chi connectivity index (χ4v) is 5.94. The average Bonchev–Trinajstić information content (AvgIpc) is 3.36. The highest BCUT2D eigenvalue weighted by Gasteiger charge is 2.27. The fourth-order valence-electron chi connectivity index (χ4n) is 5.94. The number of carbonyl (C=O) groups excluding carboxylic acids is 1. The molecule has 1 amide bonds. The van der Waals surface area contributed by atoms with Gasteiger partial charge in [-0.05, 0) is 77.8 Å². The van der Waals surface area contributed by atoms with Gasteiger partial charge in [0.2, 0.25) is 0 Å². The standard InChI is InChI=1S/C31H31FN4O4/c1-19-24-7-8-28-30(19)33-34-36(28)11-2-13-40-14-10-20-3-6-25(27(32)15-20)31(39)35-12-9-21-4-5-22(16-23(21)18-35)26(24)17-29(37)38/h3-8,15-16,26H,2,9-14,17-18H2,1H3,(H,37,38)/t26-/m0/s1. The first-order valence-corrected chi connectivity index (χ1v) is 13.7. The van der Waals surface area contributed by atoms with E-state index in [1.54, 1.807) is 17.0 Å². The monoisotopic (exact) mass is 542 g/mol. The zero-order valence-corrected chi connectivity index (χ0v) is 22.4. The SMILES string of the molecule is Cc1c2ccc3c1nnn3CCCOCCc1ccc(c(F)c1)C(=O)N1CCc3ccc(cc3C1)[C@@H]2CC(=O)O. The van der Waals surface area contributed by atoms with Gasteiger partial charge in [0.05, 0.1) is 24.1 Å². The summed E-state index contributed by atoms with van der Waals surface area (Å²) in [7, 11) is 0. The van der Waals surface area contributed by atoms with Crippen molar-refractivity contribution >= 4 is 22.9 Å². The van der Waals surface area contributed by atoms with Gasteiger partial charge >= 0.3 is 5.97 Å². The number of carboxylic acid groups (broad SMARTS) is 1. The maximum Gasteiger partial charge on any atom is 0.304 e. The van der Waals surface area contributed by atoms with Crippen LogP contribution in [0.15, 0.2) is 48.5 Å². The molecular formula is C31H31FN4O4. The third-order valence-corrected chi connectivity index (χ3v) is 8.13. The Morgan fingerprint density at radius 2 is 1.95 bits per heavy atom. The van der Waals surface area contributed by atoms with Crippen LogP contribution >= 0.6 is 0 Å². The Bertz CT molecular complexity index is 1610. The lowest BCUT2D eigenvalue weighted by Crippen LogP contribution is -2.36. The van der Waals surface area contributed by atoms with E-state index in [0.29, 0.717) is 45.7 Å². The predicted molar refractivity (Wildman–Crippen MR) is 147 cm³/mol. The van der Waals surface area contributed by atoms with E-state index in [0.717, 1.165) is 50.8 Å². The molecule has 9 rings (SSSR count). The summed E-state index contributed by atoms with van der Waals surface area (Å²) < 4.78 is 22.7. The minimum absolute atomic E-state index is 0.0596. The van der Waals surface area contributed by atoms with Gasteiger partial charge < -0.3 is 14.7 Å². The van der Waals surface area contributed by atoms with Crippen molar-refractivity contribution in [2.75, 3.05) is 19.8 Å². The summed E-state index contributed by atoms with van der Waals surface area (Å²) >= 11 is 0. The summed E-state index contributed by atoms with van der Waals surface area (Å²) in [5.74, 6) is -2.17. The summed E-state index contributed by atoms with van der Waals surface area (Å²) in [6.45, 7) is 4.38. The van der Waals surface area contributed by atoms with Crippen molar-refractivity contribution in [3.63, 3.8) is 0 Å². The molecule has 0 spiro atoms. The van der Waals surface area contributed by atoms with E-state index >= 15 is 4.39 Å². The van der Waals surface area contributed by atoms with E-state index in [2.05, 4.69) is 10.3 Å². The Labute approximate surface area is 231 Å². The number of carboxylic acids is 1. The van der Waals surface area contributed by atoms with Crippen LogP contribution in [0.3, 0.4) is 0 Å². The van der Waals surface area contributed by atoms with E-state index < -0.39 is 17.7 Å². The number of hydrogen-bond acceptors (Lipinski definition) is 5. The molecule has 1 aromatic heterocycles. The van der Waals surface area contributed by atoms with Crippen LogP contribution in [0.5, 0.6) is 0 Å². The molecule has 5 aliphatic rings. The molecule has 0 saturated carbocycles. The number of amides is 1. The number of ether oxygens (including phenoxy) is 1. The molecule has 0 saturated heterocycles. The fraction of sp³-hybridized carbons (Fsp3) is 0.355. The minimum Gasteiger partial charge on any atom is -0.481 e. The van der Waals surface area contributed by atoms with Crippen molar-refractivity contribution in [3.05, 3.63) is 93.3 Å². The first kappa shape index (κ1) is 26.1. The lowest BCUT2D eigenvalue weighted by Gasteiger charge is -2.30. The van der Waals surface area contributed by atoms with Crippen molar-refractivity contribution in [2.24, 2.45) is 0 Å². The van der Waals surface area contributed by atoms with Gasteiger partial charge in [-0.25, -0.2) is 9.07 Å². The molecule has 0 fully saturated rings. The number of carbonyl (C=O) groups is 2. The Balaban J connectivity index is 1.42. The van der Waals surface area contributed by atoms with E-state index in [1.165, 1.54) is 6.07 Å². The molecule has 206 valence electrons. The zero-order valence-electron chi connectivity index (χ0n) is 22.4. The van der Waals surface area contributed by atoms with Crippen LogP contribution in [0.4, 0.5) is 4.39 Å². The maximum absolute atomic E-state index is 15.0. The molecule has 0 aliphatic carbocycles. The molecule has 8 nitrogen and oxygen atoms in total. The zero-order chi connectivity index (χ0) is 27.8. The van der Waals surface area contributed by atoms with Gasteiger partial charge in [-0.3, -0.25) is 9.59 Å². The summed E-state index contributed by atoms with van der Waals surface area (Å²) in [6.07, 6.45) is 1.84. The molecule has 0 radical (unpaired) electrons. The van der Waals surface area contributed by atoms with Crippen LogP contribution in [0.1, 0.15) is 62.5 Å². The molecule has 1 N–H and O–H groups in total. The number of nitrogens with zero attached hydrogens (tertiary/aromatic N) is 4. The Morgan fingerprint density at radius 3 is 2.77 bits per heavy atom. The summed E-state index contributed by atoms with van der Waals surface area (Å²) in [4.78, 5) is 27.0. The maximum atomic E-state index is 15.0. The summed E-state index contributed by atoms with van der Waals surface area (Å²) in [6, 6.07) is 14.8. The van der Waals surface area contributed by atoms with Gasteiger partial charge in [0.25, 0.3) is 5.91 Å². The number of aromatic nitrogens is 3. The van der Waals surface area contributed by atoms with Gasteiger partial charge in [-0.2, -0.15) is 0 Å². The second-order valence-electron chi connectivity index (χ2n) is 10.6. The average molecular weight is 543 g/mol. The van der Waals surface area contributed by atoms with Crippen LogP contribution in [0, 0.1) is 12.7 Å². The molecule has 5 aliphatic heterocycles. The van der Waals surface area contributed by atoms with E-state index in [-0.39, 0.29) is 17.9 Å². The molecule has 9 bridgehead atoms. The highest BCUT2D eigenvalue weighted by molar-refractivity contribution is 5.94. The first-order valence-electron chi connectivity index (χ1n) is 13.7. The second-order valence-corrected chi connectivity index (χ2v) is 10.6. The molecule has 9 heteroatoms. The lowest BCUT2D eigenvalue weighted by atomic mass is 9.83. The van der Waals surface area contributed by atoms with Crippen LogP contribution in [0.25, 0.3) is 11.0 Å². The highest BCUT2D eigenvalue weighted by Crippen LogP contribution is 2.35. The van der Waals surface area contributed by atoms with Crippen molar-refractivity contribution in [2.45, 2.75) is 51.6 Å². The van der Waals surface area contributed by atoms with Gasteiger partial charge in [0.15, 0.2) is 0 Å². The van der Waals surface area contributed by atoms with Crippen molar-refractivity contribution in [3.8, 4) is 0 Å². The van der Waals surface area contributed by atoms with Crippen molar-refractivity contribution < 1.29 is 23.8 Å². The van der Waals surface area contributed by atoms with Gasteiger partial charge in [-0.1, -0.05) is 35.5 Å². The second kappa shape index (κ2) is 10.8. The van der Waals surface area contributed by atoms with Gasteiger partial charge in [0, 0.05) is 32.2 Å². The topological polar surface area (TPSA) is 97.5 Å².